The van der Waals surface area contributed by atoms with Crippen LogP contribution in [0.5, 0.6) is 5.75 Å². The number of amides is 1. The number of carbonyl (C=O) groups is 1. The first-order chi connectivity index (χ1) is 13.2. The van der Waals surface area contributed by atoms with Gasteiger partial charge in [-0.05, 0) is 43.7 Å². The van der Waals surface area contributed by atoms with E-state index in [1.165, 1.54) is 4.90 Å². The molecule has 0 fully saturated rings. The zero-order chi connectivity index (χ0) is 19.1. The quantitative estimate of drug-likeness (QED) is 0.493. The average Bonchev–Trinajstić information content (AvgIpc) is 3.00. The molecule has 1 aromatic heterocycles. The summed E-state index contributed by atoms with van der Waals surface area (Å²) < 4.78 is 8.83. The Labute approximate surface area is 167 Å². The summed E-state index contributed by atoms with van der Waals surface area (Å²) in [4.78, 5) is 18.8. The average molecular weight is 401 g/mol. The van der Waals surface area contributed by atoms with Crippen molar-refractivity contribution in [1.29, 1.82) is 0 Å². The summed E-state index contributed by atoms with van der Waals surface area (Å²) in [5.41, 5.74) is 1.11. The van der Waals surface area contributed by atoms with Gasteiger partial charge in [0.15, 0.2) is 4.80 Å². The molecular formula is C21H24N2O2S2. The van der Waals surface area contributed by atoms with Crippen LogP contribution in [0.25, 0.3) is 10.2 Å². The molecule has 0 atom stereocenters. The molecule has 4 nitrogen and oxygen atoms in total. The smallest absolute Gasteiger partial charge is 0.249 e. The fourth-order valence-electron chi connectivity index (χ4n) is 2.77. The van der Waals surface area contributed by atoms with E-state index in [1.54, 1.807) is 23.1 Å². The van der Waals surface area contributed by atoms with E-state index in [-0.39, 0.29) is 5.91 Å². The van der Waals surface area contributed by atoms with Crippen molar-refractivity contribution in [2.24, 2.45) is 4.99 Å². The zero-order valence-electron chi connectivity index (χ0n) is 15.7. The summed E-state index contributed by atoms with van der Waals surface area (Å²) in [6, 6.07) is 16.2. The standard InChI is InChI=1S/C21H24N2O2S2/c1-3-13-23-18-11-10-16(25-4-2)15-19(18)27-21(23)22-20(24)12-14-26-17-8-6-5-7-9-17/h5-11,15H,3-4,12-14H2,1-2H3. The van der Waals surface area contributed by atoms with Crippen LogP contribution in [0.1, 0.15) is 26.7 Å². The van der Waals surface area contributed by atoms with Crippen molar-refractivity contribution < 1.29 is 9.53 Å². The normalized spacial score (nSPS) is 11.9. The Bertz CT molecular complexity index is 961. The molecule has 0 aliphatic carbocycles. The van der Waals surface area contributed by atoms with Crippen LogP contribution in [-0.4, -0.2) is 22.8 Å². The van der Waals surface area contributed by atoms with E-state index < -0.39 is 0 Å². The molecule has 3 rings (SSSR count). The third-order valence-electron chi connectivity index (χ3n) is 3.96. The van der Waals surface area contributed by atoms with E-state index in [0.717, 1.165) is 39.5 Å². The Morgan fingerprint density at radius 2 is 2.00 bits per heavy atom. The number of nitrogens with zero attached hydrogens (tertiary/aromatic N) is 2. The SMILES string of the molecule is CCCn1c(=NC(=O)CCSc2ccccc2)sc2cc(OCC)ccc21. The molecule has 2 aromatic carbocycles. The molecule has 3 aromatic rings. The second-order valence-corrected chi connectivity index (χ2v) is 8.19. The van der Waals surface area contributed by atoms with Crippen LogP contribution in [0, 0.1) is 0 Å². The number of thioether (sulfide) groups is 1. The highest BCUT2D eigenvalue weighted by Gasteiger charge is 2.09. The lowest BCUT2D eigenvalue weighted by atomic mass is 10.3. The van der Waals surface area contributed by atoms with Crippen LogP contribution >= 0.6 is 23.1 Å². The van der Waals surface area contributed by atoms with Crippen molar-refractivity contribution in [2.75, 3.05) is 12.4 Å². The van der Waals surface area contributed by atoms with Gasteiger partial charge >= 0.3 is 0 Å². The molecule has 0 aliphatic heterocycles. The fourth-order valence-corrected chi connectivity index (χ4v) is 4.73. The van der Waals surface area contributed by atoms with Gasteiger partial charge in [-0.15, -0.1) is 11.8 Å². The minimum Gasteiger partial charge on any atom is -0.494 e. The van der Waals surface area contributed by atoms with Crippen molar-refractivity contribution in [3.05, 3.63) is 53.3 Å². The van der Waals surface area contributed by atoms with Gasteiger partial charge in [0, 0.05) is 23.6 Å². The van der Waals surface area contributed by atoms with Crippen molar-refractivity contribution in [3.8, 4) is 5.75 Å². The van der Waals surface area contributed by atoms with E-state index >= 15 is 0 Å². The van der Waals surface area contributed by atoms with E-state index in [2.05, 4.69) is 34.7 Å². The summed E-state index contributed by atoms with van der Waals surface area (Å²) in [6.07, 6.45) is 1.43. The molecule has 142 valence electrons. The van der Waals surface area contributed by atoms with E-state index in [9.17, 15) is 4.79 Å². The molecule has 0 unspecified atom stereocenters. The fraction of sp³-hybridized carbons (Fsp3) is 0.333. The van der Waals surface area contributed by atoms with Crippen molar-refractivity contribution in [1.82, 2.24) is 4.57 Å². The van der Waals surface area contributed by atoms with Gasteiger partial charge in [-0.1, -0.05) is 36.5 Å². The lowest BCUT2D eigenvalue weighted by molar-refractivity contribution is -0.117. The molecule has 0 aliphatic rings. The van der Waals surface area contributed by atoms with Gasteiger partial charge in [-0.2, -0.15) is 4.99 Å². The Hall–Kier alpha value is -2.05. The van der Waals surface area contributed by atoms with E-state index in [0.29, 0.717) is 13.0 Å². The van der Waals surface area contributed by atoms with Gasteiger partial charge in [0.25, 0.3) is 0 Å². The number of aromatic nitrogens is 1. The maximum atomic E-state index is 12.4. The highest BCUT2D eigenvalue weighted by atomic mass is 32.2. The van der Waals surface area contributed by atoms with Crippen molar-refractivity contribution in [3.63, 3.8) is 0 Å². The highest BCUT2D eigenvalue weighted by Crippen LogP contribution is 2.24. The number of benzene rings is 2. The van der Waals surface area contributed by atoms with Gasteiger partial charge < -0.3 is 9.30 Å². The first-order valence-electron chi connectivity index (χ1n) is 9.23. The van der Waals surface area contributed by atoms with Gasteiger partial charge in [0.1, 0.15) is 5.75 Å². The Balaban J connectivity index is 1.78. The number of thiazole rings is 1. The van der Waals surface area contributed by atoms with Crippen LogP contribution < -0.4 is 9.54 Å². The molecule has 0 N–H and O–H groups in total. The Morgan fingerprint density at radius 3 is 2.74 bits per heavy atom. The first-order valence-corrected chi connectivity index (χ1v) is 11.0. The molecule has 1 amide bonds. The summed E-state index contributed by atoms with van der Waals surface area (Å²) in [5.74, 6) is 1.52. The lowest BCUT2D eigenvalue weighted by Gasteiger charge is -2.05. The molecule has 0 spiro atoms. The van der Waals surface area contributed by atoms with Gasteiger partial charge in [0.05, 0.1) is 16.8 Å². The summed E-state index contributed by atoms with van der Waals surface area (Å²) in [5, 5.41) is 0. The molecule has 0 saturated carbocycles. The number of fused-ring (bicyclic) bond motifs is 1. The number of ether oxygens (including phenoxy) is 1. The topological polar surface area (TPSA) is 43.6 Å². The van der Waals surface area contributed by atoms with Crippen molar-refractivity contribution >= 4 is 39.2 Å². The maximum Gasteiger partial charge on any atom is 0.249 e. The molecule has 6 heteroatoms. The Morgan fingerprint density at radius 1 is 1.19 bits per heavy atom. The van der Waals surface area contributed by atoms with Crippen LogP contribution in [0.4, 0.5) is 0 Å². The molecule has 1 heterocycles. The summed E-state index contributed by atoms with van der Waals surface area (Å²) in [6.45, 7) is 5.59. The first kappa shape index (κ1) is 19.7. The zero-order valence-corrected chi connectivity index (χ0v) is 17.3. The molecule has 0 radical (unpaired) electrons. The molecule has 27 heavy (non-hydrogen) atoms. The van der Waals surface area contributed by atoms with Gasteiger partial charge in [-0.25, -0.2) is 0 Å². The summed E-state index contributed by atoms with van der Waals surface area (Å²) in [7, 11) is 0. The number of carbonyl (C=O) groups excluding carboxylic acids is 1. The second kappa shape index (κ2) is 9.76. The maximum absolute atomic E-state index is 12.4. The lowest BCUT2D eigenvalue weighted by Crippen LogP contribution is -2.16. The van der Waals surface area contributed by atoms with Crippen LogP contribution in [-0.2, 0) is 11.3 Å². The minimum atomic E-state index is -0.0696. The molecular weight excluding hydrogens is 376 g/mol. The molecule has 0 saturated heterocycles. The highest BCUT2D eigenvalue weighted by molar-refractivity contribution is 7.99. The molecule has 0 bridgehead atoms. The third-order valence-corrected chi connectivity index (χ3v) is 6.02. The number of hydrogen-bond acceptors (Lipinski definition) is 4. The second-order valence-electron chi connectivity index (χ2n) is 6.02. The van der Waals surface area contributed by atoms with Crippen LogP contribution in [0.2, 0.25) is 0 Å². The summed E-state index contributed by atoms with van der Waals surface area (Å²) >= 11 is 3.24. The third kappa shape index (κ3) is 5.23. The number of aryl methyl sites for hydroxylation is 1. The monoisotopic (exact) mass is 400 g/mol. The van der Waals surface area contributed by atoms with Crippen LogP contribution in [0.3, 0.4) is 0 Å². The van der Waals surface area contributed by atoms with Crippen LogP contribution in [0.15, 0.2) is 58.4 Å². The van der Waals surface area contributed by atoms with Gasteiger partial charge in [-0.3, -0.25) is 4.79 Å². The number of hydrogen-bond donors (Lipinski definition) is 0. The van der Waals surface area contributed by atoms with Gasteiger partial charge in [0.2, 0.25) is 5.91 Å². The van der Waals surface area contributed by atoms with Crippen molar-refractivity contribution in [2.45, 2.75) is 38.1 Å². The van der Waals surface area contributed by atoms with E-state index in [1.807, 2.05) is 37.3 Å². The predicted octanol–water partition coefficient (Wildman–Crippen LogP) is 5.12. The Kier molecular flexibility index (Phi) is 7.12. The van der Waals surface area contributed by atoms with E-state index in [4.69, 9.17) is 4.74 Å². The number of rotatable bonds is 8. The largest absolute Gasteiger partial charge is 0.494 e. The predicted molar refractivity (Wildman–Crippen MR) is 114 cm³/mol. The minimum absolute atomic E-state index is 0.0696.